The molecule has 3 rings (SSSR count). The number of nitrogens with two attached hydrogens (primary N) is 1. The van der Waals surface area contributed by atoms with E-state index in [0.717, 1.165) is 18.2 Å². The molecule has 1 aromatic carbocycles. The minimum Gasteiger partial charge on any atom is -0.397 e. The molecule has 0 radical (unpaired) electrons. The molecule has 0 amide bonds. The van der Waals surface area contributed by atoms with Gasteiger partial charge in [0, 0.05) is 6.54 Å². The average Bonchev–Trinajstić information content (AvgIpc) is 2.91. The second-order valence-corrected chi connectivity index (χ2v) is 5.22. The Balaban J connectivity index is 1.86. The molecular formula is C14H18N4O. The van der Waals surface area contributed by atoms with Gasteiger partial charge in [-0.15, -0.1) is 0 Å². The highest BCUT2D eigenvalue weighted by atomic mass is 16.1. The van der Waals surface area contributed by atoms with Crippen molar-refractivity contribution < 1.29 is 0 Å². The van der Waals surface area contributed by atoms with Gasteiger partial charge in [0.05, 0.1) is 28.6 Å². The molecule has 0 saturated heterocycles. The standard InChI is InChI=1S/C14H18N4O/c15-11-5-10-12(17-8-18-14(10)19)6-13(11)16-7-9-3-1-2-4-9/h5-6,8-9,16H,1-4,7,15H2,(H,17,18,19). The number of fused-ring (bicyclic) bond motifs is 1. The number of nitrogens with one attached hydrogen (secondary N) is 2. The smallest absolute Gasteiger partial charge is 0.258 e. The van der Waals surface area contributed by atoms with E-state index < -0.39 is 0 Å². The monoisotopic (exact) mass is 258 g/mol. The molecule has 1 saturated carbocycles. The zero-order valence-corrected chi connectivity index (χ0v) is 10.8. The van der Waals surface area contributed by atoms with Crippen molar-refractivity contribution in [2.24, 2.45) is 5.92 Å². The van der Waals surface area contributed by atoms with Crippen LogP contribution in [-0.2, 0) is 0 Å². The molecule has 5 heteroatoms. The third kappa shape index (κ3) is 2.41. The van der Waals surface area contributed by atoms with Gasteiger partial charge in [0.15, 0.2) is 0 Å². The van der Waals surface area contributed by atoms with Gasteiger partial charge in [-0.1, -0.05) is 12.8 Å². The number of anilines is 2. The summed E-state index contributed by atoms with van der Waals surface area (Å²) in [6.45, 7) is 0.943. The van der Waals surface area contributed by atoms with Crippen LogP contribution in [-0.4, -0.2) is 16.5 Å². The summed E-state index contributed by atoms with van der Waals surface area (Å²) in [5.41, 5.74) is 7.99. The lowest BCUT2D eigenvalue weighted by Gasteiger charge is -2.14. The van der Waals surface area contributed by atoms with Crippen molar-refractivity contribution in [3.05, 3.63) is 28.8 Å². The molecule has 0 spiro atoms. The third-order valence-corrected chi connectivity index (χ3v) is 3.87. The lowest BCUT2D eigenvalue weighted by molar-refractivity contribution is 0.580. The summed E-state index contributed by atoms with van der Waals surface area (Å²) in [5, 5.41) is 3.92. The van der Waals surface area contributed by atoms with Crippen LogP contribution in [0.5, 0.6) is 0 Å². The van der Waals surface area contributed by atoms with Crippen molar-refractivity contribution in [1.82, 2.24) is 9.97 Å². The van der Waals surface area contributed by atoms with Crippen LogP contribution in [0.4, 0.5) is 11.4 Å². The zero-order chi connectivity index (χ0) is 13.2. The van der Waals surface area contributed by atoms with E-state index in [0.29, 0.717) is 16.6 Å². The lowest BCUT2D eigenvalue weighted by atomic mass is 10.1. The van der Waals surface area contributed by atoms with Crippen molar-refractivity contribution in [3.63, 3.8) is 0 Å². The number of aromatic amines is 1. The number of hydrogen-bond acceptors (Lipinski definition) is 4. The molecule has 2 aromatic rings. The van der Waals surface area contributed by atoms with Gasteiger partial charge < -0.3 is 16.0 Å². The van der Waals surface area contributed by atoms with Crippen molar-refractivity contribution in [1.29, 1.82) is 0 Å². The Labute approximate surface area is 111 Å². The predicted molar refractivity (Wildman–Crippen MR) is 77.2 cm³/mol. The van der Waals surface area contributed by atoms with Crippen LogP contribution < -0.4 is 16.6 Å². The van der Waals surface area contributed by atoms with Crippen molar-refractivity contribution >= 4 is 22.3 Å². The van der Waals surface area contributed by atoms with Crippen molar-refractivity contribution in [2.75, 3.05) is 17.6 Å². The minimum absolute atomic E-state index is 0.154. The Morgan fingerprint density at radius 3 is 2.95 bits per heavy atom. The third-order valence-electron chi connectivity index (χ3n) is 3.87. The average molecular weight is 258 g/mol. The van der Waals surface area contributed by atoms with E-state index in [4.69, 9.17) is 5.73 Å². The van der Waals surface area contributed by atoms with E-state index in [1.165, 1.54) is 32.0 Å². The predicted octanol–water partition coefficient (Wildman–Crippen LogP) is 2.11. The first-order valence-electron chi connectivity index (χ1n) is 6.75. The number of nitrogen functional groups attached to an aromatic ring is 1. The second kappa shape index (κ2) is 4.91. The first kappa shape index (κ1) is 12.0. The summed E-state index contributed by atoms with van der Waals surface area (Å²) in [5.74, 6) is 0.738. The normalized spacial score (nSPS) is 16.0. The fourth-order valence-electron chi connectivity index (χ4n) is 2.75. The Morgan fingerprint density at radius 1 is 1.37 bits per heavy atom. The molecule has 0 bridgehead atoms. The van der Waals surface area contributed by atoms with E-state index >= 15 is 0 Å². The van der Waals surface area contributed by atoms with Gasteiger partial charge in [0.2, 0.25) is 0 Å². The van der Waals surface area contributed by atoms with E-state index in [1.54, 1.807) is 6.07 Å². The maximum Gasteiger partial charge on any atom is 0.258 e. The second-order valence-electron chi connectivity index (χ2n) is 5.22. The maximum atomic E-state index is 11.6. The van der Waals surface area contributed by atoms with Gasteiger partial charge in [-0.3, -0.25) is 4.79 Å². The molecule has 0 atom stereocenters. The van der Waals surface area contributed by atoms with Crippen LogP contribution in [0.1, 0.15) is 25.7 Å². The number of hydrogen-bond donors (Lipinski definition) is 3. The van der Waals surface area contributed by atoms with Crippen LogP contribution in [0.25, 0.3) is 10.9 Å². The molecule has 19 heavy (non-hydrogen) atoms. The van der Waals surface area contributed by atoms with E-state index in [2.05, 4.69) is 15.3 Å². The fourth-order valence-corrected chi connectivity index (χ4v) is 2.75. The molecule has 1 aromatic heterocycles. The molecule has 0 aliphatic heterocycles. The molecule has 4 N–H and O–H groups in total. The summed E-state index contributed by atoms with van der Waals surface area (Å²) in [6.07, 6.45) is 6.66. The van der Waals surface area contributed by atoms with Crippen molar-refractivity contribution in [3.8, 4) is 0 Å². The number of rotatable bonds is 3. The molecular weight excluding hydrogens is 240 g/mol. The van der Waals surface area contributed by atoms with E-state index in [-0.39, 0.29) is 5.56 Å². The first-order chi connectivity index (χ1) is 9.24. The van der Waals surface area contributed by atoms with E-state index in [9.17, 15) is 4.79 Å². The summed E-state index contributed by atoms with van der Waals surface area (Å²) in [6, 6.07) is 3.55. The highest BCUT2D eigenvalue weighted by Crippen LogP contribution is 2.27. The SMILES string of the molecule is Nc1cc2c(=O)[nH]cnc2cc1NCC1CCCC1. The van der Waals surface area contributed by atoms with Gasteiger partial charge >= 0.3 is 0 Å². The highest BCUT2D eigenvalue weighted by molar-refractivity contribution is 5.88. The van der Waals surface area contributed by atoms with Crippen LogP contribution in [0.15, 0.2) is 23.3 Å². The number of H-pyrrole nitrogens is 1. The number of aromatic nitrogens is 2. The summed E-state index contributed by atoms with van der Waals surface area (Å²) < 4.78 is 0. The molecule has 1 heterocycles. The van der Waals surface area contributed by atoms with Crippen molar-refractivity contribution in [2.45, 2.75) is 25.7 Å². The largest absolute Gasteiger partial charge is 0.397 e. The van der Waals surface area contributed by atoms with Crippen LogP contribution >= 0.6 is 0 Å². The molecule has 0 unspecified atom stereocenters. The zero-order valence-electron chi connectivity index (χ0n) is 10.8. The topological polar surface area (TPSA) is 83.8 Å². The summed E-state index contributed by atoms with van der Waals surface area (Å²) >= 11 is 0. The van der Waals surface area contributed by atoms with Gasteiger partial charge in [0.1, 0.15) is 0 Å². The molecule has 5 nitrogen and oxygen atoms in total. The number of benzene rings is 1. The Kier molecular flexibility index (Phi) is 3.11. The molecule has 100 valence electrons. The van der Waals surface area contributed by atoms with E-state index in [1.807, 2.05) is 6.07 Å². The summed E-state index contributed by atoms with van der Waals surface area (Å²) in [7, 11) is 0. The van der Waals surface area contributed by atoms with Crippen LogP contribution in [0.2, 0.25) is 0 Å². The van der Waals surface area contributed by atoms with Crippen LogP contribution in [0.3, 0.4) is 0 Å². The number of nitrogens with zero attached hydrogens (tertiary/aromatic N) is 1. The first-order valence-corrected chi connectivity index (χ1v) is 6.75. The van der Waals surface area contributed by atoms with Crippen LogP contribution in [0, 0.1) is 5.92 Å². The Hall–Kier alpha value is -2.04. The van der Waals surface area contributed by atoms with Gasteiger partial charge in [-0.2, -0.15) is 0 Å². The van der Waals surface area contributed by atoms with Gasteiger partial charge in [0.25, 0.3) is 5.56 Å². The maximum absolute atomic E-state index is 11.6. The van der Waals surface area contributed by atoms with Gasteiger partial charge in [-0.25, -0.2) is 4.98 Å². The molecule has 1 fully saturated rings. The van der Waals surface area contributed by atoms with Gasteiger partial charge in [-0.05, 0) is 30.9 Å². The molecule has 1 aliphatic rings. The Bertz CT molecular complexity index is 643. The fraction of sp³-hybridized carbons (Fsp3) is 0.429. The summed E-state index contributed by atoms with van der Waals surface area (Å²) in [4.78, 5) is 18.4. The lowest BCUT2D eigenvalue weighted by Crippen LogP contribution is -2.13. The highest BCUT2D eigenvalue weighted by Gasteiger charge is 2.15. The quantitative estimate of drug-likeness (QED) is 0.736. The Morgan fingerprint density at radius 2 is 2.16 bits per heavy atom. The minimum atomic E-state index is -0.154. The molecule has 1 aliphatic carbocycles.